The van der Waals surface area contributed by atoms with Crippen molar-refractivity contribution in [1.29, 1.82) is 5.26 Å². The molecule has 28 nitrogen and oxygen atoms in total. The van der Waals surface area contributed by atoms with E-state index in [1.165, 1.54) is 12.5 Å². The fourth-order valence-electron chi connectivity index (χ4n) is 13.8. The maximum atomic E-state index is 13.2. The Morgan fingerprint density at radius 2 is 0.795 bits per heavy atom. The molecule has 4 aliphatic rings. The molecule has 0 spiro atoms. The van der Waals surface area contributed by atoms with Crippen LogP contribution >= 0.6 is 33.3 Å². The molecule has 4 aliphatic heterocycles. The molecule has 4 amide bonds. The van der Waals surface area contributed by atoms with Gasteiger partial charge in [0.2, 0.25) is 9.05 Å². The summed E-state index contributed by atoms with van der Waals surface area (Å²) in [7, 11) is 5.31. The molecular formula is C93H91ClCuILiN17O11S2. The van der Waals surface area contributed by atoms with E-state index in [1.54, 1.807) is 54.5 Å². The maximum absolute atomic E-state index is 13.2. The second-order valence-electron chi connectivity index (χ2n) is 29.7. The summed E-state index contributed by atoms with van der Waals surface area (Å²) in [5.74, 6) is 12.9. The van der Waals surface area contributed by atoms with Gasteiger partial charge in [-0.15, -0.1) is 6.42 Å². The van der Waals surface area contributed by atoms with Crippen molar-refractivity contribution in [2.24, 2.45) is 28.2 Å². The summed E-state index contributed by atoms with van der Waals surface area (Å²) < 4.78 is 56.0. The number of aliphatic hydroxyl groups is 2. The summed E-state index contributed by atoms with van der Waals surface area (Å²) in [6.45, 7) is 18.1. The summed E-state index contributed by atoms with van der Waals surface area (Å²) in [6, 6.07) is 50.4. The maximum Gasteiger partial charge on any atom is 2.00 e. The van der Waals surface area contributed by atoms with E-state index in [0.29, 0.717) is 80.8 Å². The molecule has 0 bridgehead atoms. The number of hydrogen-bond acceptors (Lipinski definition) is 19. The number of amides is 4. The topological polar surface area (TPSA) is 337 Å². The van der Waals surface area contributed by atoms with E-state index >= 15 is 0 Å². The van der Waals surface area contributed by atoms with Gasteiger partial charge in [0, 0.05) is 191 Å². The number of benzene rings is 4. The van der Waals surface area contributed by atoms with E-state index in [1.807, 2.05) is 160 Å². The van der Waals surface area contributed by atoms with Gasteiger partial charge in [-0.3, -0.25) is 42.1 Å². The van der Waals surface area contributed by atoms with Crippen molar-refractivity contribution in [2.45, 2.75) is 105 Å². The van der Waals surface area contributed by atoms with Gasteiger partial charge in [0.1, 0.15) is 56.2 Å². The molecule has 13 aromatic rings. The fourth-order valence-corrected chi connectivity index (χ4v) is 14.8. The minimum atomic E-state index is -3.59. The van der Waals surface area contributed by atoms with E-state index in [0.717, 1.165) is 122 Å². The van der Waals surface area contributed by atoms with Crippen LogP contribution in [0.15, 0.2) is 201 Å². The molecule has 13 heterocycles. The third-order valence-electron chi connectivity index (χ3n) is 19.5. The van der Waals surface area contributed by atoms with Gasteiger partial charge >= 0.3 is 17.1 Å². The van der Waals surface area contributed by atoms with Crippen molar-refractivity contribution in [3.8, 4) is 80.5 Å². The minimum Gasteiger partial charge on any atom is -0.512 e. The van der Waals surface area contributed by atoms with Crippen LogP contribution in [0.5, 0.6) is 0 Å². The van der Waals surface area contributed by atoms with Gasteiger partial charge in [-0.25, -0.2) is 23.4 Å². The van der Waals surface area contributed by atoms with Crippen molar-refractivity contribution < 1.29 is 67.5 Å². The number of aryl methyl sites for hydroxylation is 6. The minimum absolute atomic E-state index is 0. The number of aromatic nitrogens is 12. The Bertz CT molecular complexity index is 6560. The molecule has 4 aromatic carbocycles. The van der Waals surface area contributed by atoms with Gasteiger partial charge in [-0.05, 0) is 149 Å². The van der Waals surface area contributed by atoms with Crippen LogP contribution in [0.4, 0.5) is 0 Å². The average molecular weight is 1920 g/mol. The standard InChI is InChI=1S/C23H22N4O4S.C23H22N4O.C22H20N4O2.C18H15IN4O.C4H6O.CH3ClO2S.CN.CH3.Cu.Li/c1-16(31-32(3,29)30)4-10-21-11-9-19-15-27(23(28)22(19)25-21)13-17-5-7-18(8-6-17)20-12-24-26(2)14-20;1-15-10-16(2)27-21(15)9-8-19-14-26(23(28)22(19)27)12-17-4-6-18(7-5-17)20-11-24-25(3)13-20;1-15(27)3-9-20-10-8-18-14-26(22(28)21(18)24-20)12-16-4-6-17(7-5-16)19-11-23-25(2)13-19;1-22-10-15(8-20-22)13-4-2-12(3-5-13)9-23-11-14-6-7-16(19)21-17(14)18(23)24;1-3-4(2)5;1-5(2,3)4;1-2;;;/h5-9,11-12,14,16H,13,15H2,1-3H3;4-11,13H,12,14H2,1-3H3;4-8,10-11,13,15,27H,12,14H2,1-2H3;2-8,10H,9,11H2,1H3;1,4-5H,2H3;1H3;;1H3;;/q;;;;;;2*-1;+2;. The number of halogens is 2. The molecule has 652 valence electrons. The molecule has 0 aliphatic carbocycles. The van der Waals surface area contributed by atoms with Crippen molar-refractivity contribution >= 4 is 100 Å². The Hall–Kier alpha value is -12.1. The largest absolute Gasteiger partial charge is 2.00 e. The van der Waals surface area contributed by atoms with E-state index in [-0.39, 0.29) is 67.0 Å². The first-order valence-corrected chi connectivity index (χ1v) is 44.3. The Balaban J connectivity index is 0.000000200. The number of hydrogen-bond donors (Lipinski definition) is 2. The summed E-state index contributed by atoms with van der Waals surface area (Å²) in [5.41, 5.74) is 23.4. The number of pyridine rings is 4. The van der Waals surface area contributed by atoms with Crippen LogP contribution in [0.2, 0.25) is 0 Å². The number of aliphatic hydroxyl groups excluding tert-OH is 2. The van der Waals surface area contributed by atoms with Crippen LogP contribution in [0.25, 0.3) is 50.0 Å². The average Bonchev–Trinajstić information content (AvgIpc) is 1.59. The molecule has 0 fully saturated rings. The molecule has 3 atom stereocenters. The van der Waals surface area contributed by atoms with Crippen molar-refractivity contribution in [1.82, 2.24) is 78.1 Å². The summed E-state index contributed by atoms with van der Waals surface area (Å²) >= 11 is 2.14. The molecule has 34 heteroatoms. The Kier molecular flexibility index (Phi) is 35.4. The van der Waals surface area contributed by atoms with Gasteiger partial charge in [0.05, 0.1) is 37.3 Å². The third-order valence-corrected chi connectivity index (χ3v) is 20.8. The normalized spacial score (nSPS) is 13.1. The summed E-state index contributed by atoms with van der Waals surface area (Å²) in [4.78, 5) is 71.7. The number of terminal acetylenes is 1. The van der Waals surface area contributed by atoms with Crippen molar-refractivity contribution in [2.75, 3.05) is 12.5 Å². The molecule has 0 saturated carbocycles. The van der Waals surface area contributed by atoms with Gasteiger partial charge in [0.15, 0.2) is 0 Å². The zero-order valence-corrected chi connectivity index (χ0v) is 77.6. The predicted octanol–water partition coefficient (Wildman–Crippen LogP) is 12.4. The number of carbonyl (C=O) groups is 4. The number of fused-ring (bicyclic) bond motifs is 6. The molecular weight excluding hydrogens is 1830 g/mol. The Labute approximate surface area is 780 Å². The van der Waals surface area contributed by atoms with E-state index in [2.05, 4.69) is 190 Å². The quantitative estimate of drug-likeness (QED) is 0.0194. The van der Waals surface area contributed by atoms with Crippen LogP contribution in [0.3, 0.4) is 0 Å². The molecule has 2 radical (unpaired) electrons. The van der Waals surface area contributed by atoms with Crippen LogP contribution in [0, 0.1) is 72.8 Å². The molecule has 0 saturated heterocycles. The zero-order valence-electron chi connectivity index (χ0n) is 72.1. The van der Waals surface area contributed by atoms with Crippen LogP contribution in [0.1, 0.15) is 130 Å². The number of nitrogens with zero attached hydrogens (tertiary/aromatic N) is 17. The molecule has 9 aromatic heterocycles. The first-order chi connectivity index (χ1) is 59.0. The van der Waals surface area contributed by atoms with Crippen LogP contribution < -0.4 is 0 Å². The van der Waals surface area contributed by atoms with Gasteiger partial charge in [-0.1, -0.05) is 139 Å². The number of carbonyl (C=O) groups excluding carboxylic acids is 4. The molecule has 127 heavy (non-hydrogen) atoms. The van der Waals surface area contributed by atoms with Gasteiger partial charge < -0.3 is 53.5 Å². The first kappa shape index (κ1) is 100. The Morgan fingerprint density at radius 3 is 1.11 bits per heavy atom. The second kappa shape index (κ2) is 44.9. The second-order valence-corrected chi connectivity index (χ2v) is 35.4. The van der Waals surface area contributed by atoms with Crippen molar-refractivity contribution in [3.05, 3.63) is 309 Å². The smallest absolute Gasteiger partial charge is 0.512 e. The monoisotopic (exact) mass is 1920 g/mol. The summed E-state index contributed by atoms with van der Waals surface area (Å²) in [6.07, 6.45) is 19.7. The number of rotatable bonds is 14. The Morgan fingerprint density at radius 1 is 0.488 bits per heavy atom. The first-order valence-electron chi connectivity index (χ1n) is 38.7. The summed E-state index contributed by atoms with van der Waals surface area (Å²) in [5, 5.41) is 40.5. The third kappa shape index (κ3) is 27.2. The van der Waals surface area contributed by atoms with E-state index < -0.39 is 37.5 Å². The van der Waals surface area contributed by atoms with Gasteiger partial charge in [0.25, 0.3) is 33.7 Å². The fraction of sp³-hybridized carbons (Fsp3) is 0.237. The molecule has 3 unspecified atom stereocenters. The van der Waals surface area contributed by atoms with Crippen LogP contribution in [-0.4, -0.2) is 178 Å². The van der Waals surface area contributed by atoms with Crippen LogP contribution in [-0.2, 0) is 121 Å². The molecule has 2 N–H and O–H groups in total. The van der Waals surface area contributed by atoms with E-state index in [4.69, 9.17) is 21.1 Å². The molecule has 17 rings (SSSR count). The van der Waals surface area contributed by atoms with Crippen molar-refractivity contribution in [3.63, 3.8) is 0 Å². The SMILES string of the molecule is C#CC(C)O.CC(C#Cc1ccc2c(n1)C(=O)N(Cc1ccc(-c3cnn(C)c3)cc1)C2)OS(C)(=O)=O.CC(O)C#Cc1ccc2c(n1)C(=O)N(Cc1ccc(-c3cnn(C)c3)cc1)C2.CS(=O)(=O)Cl.Cc1cc(C)n2c3c(ccc12)CN(Cc1ccc(-c2cnn(C)c2)cc1)C3=O.Cn1cc(-c2ccc(CN3Cc4ccc(I)nc4C3=O)cc2)cn1.[C-]#N.[CH3-].[Cu+2].[Li]. The van der Waals surface area contributed by atoms with E-state index in [9.17, 15) is 41.1 Å². The van der Waals surface area contributed by atoms with Gasteiger partial charge in [-0.2, -0.15) is 28.8 Å². The zero-order chi connectivity index (χ0) is 89.4. The predicted molar refractivity (Wildman–Crippen MR) is 490 cm³/mol.